The zero-order valence-corrected chi connectivity index (χ0v) is 13.8. The van der Waals surface area contributed by atoms with Crippen LogP contribution in [0.1, 0.15) is 29.5 Å². The highest BCUT2D eigenvalue weighted by atomic mass is 79.9. The molecule has 112 valence electrons. The fourth-order valence-corrected chi connectivity index (χ4v) is 2.68. The molecule has 0 aliphatic carbocycles. The van der Waals surface area contributed by atoms with Crippen LogP contribution in [0.5, 0.6) is 0 Å². The Morgan fingerprint density at radius 3 is 2.73 bits per heavy atom. The molecule has 0 spiro atoms. The van der Waals surface area contributed by atoms with Crippen LogP contribution in [0.25, 0.3) is 5.65 Å². The Morgan fingerprint density at radius 1 is 1.23 bits per heavy atom. The number of hydrogen-bond acceptors (Lipinski definition) is 2. The summed E-state index contributed by atoms with van der Waals surface area (Å²) in [4.78, 5) is 17.3. The Balaban J connectivity index is 1.98. The zero-order chi connectivity index (χ0) is 15.5. The lowest BCUT2D eigenvalue weighted by molar-refractivity contribution is 0.102. The van der Waals surface area contributed by atoms with E-state index >= 15 is 0 Å². The van der Waals surface area contributed by atoms with Gasteiger partial charge in [-0.05, 0) is 42.8 Å². The van der Waals surface area contributed by atoms with Crippen LogP contribution < -0.4 is 5.32 Å². The van der Waals surface area contributed by atoms with Gasteiger partial charge in [0.2, 0.25) is 0 Å². The SMILES string of the molecule is CCCc1nc2ccccn2c1C(=O)Nc1ccc(Br)cc1. The van der Waals surface area contributed by atoms with Crippen LogP contribution in [-0.4, -0.2) is 15.3 Å². The quantitative estimate of drug-likeness (QED) is 0.756. The molecule has 2 heterocycles. The molecule has 0 saturated heterocycles. The van der Waals surface area contributed by atoms with E-state index in [2.05, 4.69) is 33.2 Å². The van der Waals surface area contributed by atoms with Crippen LogP contribution in [0.2, 0.25) is 0 Å². The molecule has 5 heteroatoms. The van der Waals surface area contributed by atoms with Gasteiger partial charge >= 0.3 is 0 Å². The molecule has 1 aromatic carbocycles. The summed E-state index contributed by atoms with van der Waals surface area (Å²) in [6.45, 7) is 2.08. The van der Waals surface area contributed by atoms with E-state index in [4.69, 9.17) is 0 Å². The van der Waals surface area contributed by atoms with E-state index in [1.165, 1.54) is 0 Å². The first-order valence-corrected chi connectivity index (χ1v) is 8.01. The second-order valence-electron chi connectivity index (χ2n) is 5.05. The largest absolute Gasteiger partial charge is 0.321 e. The summed E-state index contributed by atoms with van der Waals surface area (Å²) in [7, 11) is 0. The van der Waals surface area contributed by atoms with Crippen LogP contribution in [0.4, 0.5) is 5.69 Å². The van der Waals surface area contributed by atoms with Gasteiger partial charge in [0.1, 0.15) is 11.3 Å². The summed E-state index contributed by atoms with van der Waals surface area (Å²) in [6.07, 6.45) is 3.60. The molecule has 0 radical (unpaired) electrons. The predicted octanol–water partition coefficient (Wildman–Crippen LogP) is 4.30. The molecule has 22 heavy (non-hydrogen) atoms. The number of rotatable bonds is 4. The van der Waals surface area contributed by atoms with Gasteiger partial charge in [0.05, 0.1) is 5.69 Å². The van der Waals surface area contributed by atoms with Gasteiger partial charge in [-0.1, -0.05) is 35.3 Å². The molecule has 2 aromatic heterocycles. The Kier molecular flexibility index (Phi) is 4.24. The summed E-state index contributed by atoms with van der Waals surface area (Å²) in [5.41, 5.74) is 3.01. The summed E-state index contributed by atoms with van der Waals surface area (Å²) in [5.74, 6) is -0.135. The van der Waals surface area contributed by atoms with Gasteiger partial charge in [-0.2, -0.15) is 0 Å². The average Bonchev–Trinajstić information content (AvgIpc) is 2.88. The van der Waals surface area contributed by atoms with Crippen molar-refractivity contribution in [2.24, 2.45) is 0 Å². The van der Waals surface area contributed by atoms with E-state index in [0.717, 1.165) is 34.3 Å². The number of halogens is 1. The molecule has 0 bridgehead atoms. The van der Waals surface area contributed by atoms with Crippen LogP contribution in [-0.2, 0) is 6.42 Å². The first-order chi connectivity index (χ1) is 10.7. The summed E-state index contributed by atoms with van der Waals surface area (Å²) >= 11 is 3.39. The number of hydrogen-bond donors (Lipinski definition) is 1. The average molecular weight is 358 g/mol. The second-order valence-corrected chi connectivity index (χ2v) is 5.96. The minimum absolute atomic E-state index is 0.135. The number of aromatic nitrogens is 2. The first kappa shape index (κ1) is 14.8. The number of aryl methyl sites for hydroxylation is 1. The van der Waals surface area contributed by atoms with Crippen molar-refractivity contribution in [2.45, 2.75) is 19.8 Å². The molecule has 0 saturated carbocycles. The molecule has 0 unspecified atom stereocenters. The van der Waals surface area contributed by atoms with Gasteiger partial charge in [0.15, 0.2) is 0 Å². The Hall–Kier alpha value is -2.14. The number of carbonyl (C=O) groups is 1. The minimum atomic E-state index is -0.135. The number of pyridine rings is 1. The third-order valence-corrected chi connectivity index (χ3v) is 3.93. The third kappa shape index (κ3) is 2.90. The van der Waals surface area contributed by atoms with Gasteiger partial charge in [-0.25, -0.2) is 4.98 Å². The fraction of sp³-hybridized carbons (Fsp3) is 0.176. The van der Waals surface area contributed by atoms with Crippen molar-refractivity contribution in [1.82, 2.24) is 9.38 Å². The standard InChI is InChI=1S/C17H16BrN3O/c1-2-5-14-16(21-11-4-3-6-15(21)20-14)17(22)19-13-9-7-12(18)8-10-13/h3-4,6-11H,2,5H2,1H3,(H,19,22). The molecule has 3 aromatic rings. The van der Waals surface area contributed by atoms with Crippen LogP contribution in [0.3, 0.4) is 0 Å². The van der Waals surface area contributed by atoms with E-state index < -0.39 is 0 Å². The van der Waals surface area contributed by atoms with Gasteiger partial charge in [-0.15, -0.1) is 0 Å². The number of anilines is 1. The van der Waals surface area contributed by atoms with Crippen molar-refractivity contribution >= 4 is 33.2 Å². The topological polar surface area (TPSA) is 46.4 Å². The van der Waals surface area contributed by atoms with E-state index in [1.54, 1.807) is 0 Å². The van der Waals surface area contributed by atoms with Crippen LogP contribution >= 0.6 is 15.9 Å². The van der Waals surface area contributed by atoms with Crippen molar-refractivity contribution in [2.75, 3.05) is 5.32 Å². The number of imidazole rings is 1. The van der Waals surface area contributed by atoms with Gasteiger partial charge in [0, 0.05) is 16.4 Å². The summed E-state index contributed by atoms with van der Waals surface area (Å²) in [5, 5.41) is 2.94. The van der Waals surface area contributed by atoms with E-state index in [9.17, 15) is 4.79 Å². The predicted molar refractivity (Wildman–Crippen MR) is 91.3 cm³/mol. The molecule has 1 N–H and O–H groups in total. The van der Waals surface area contributed by atoms with Gasteiger partial charge in [-0.3, -0.25) is 9.20 Å². The first-order valence-electron chi connectivity index (χ1n) is 7.22. The molecule has 4 nitrogen and oxygen atoms in total. The molecule has 0 aliphatic rings. The molecule has 0 aliphatic heterocycles. The normalized spacial score (nSPS) is 10.8. The number of amides is 1. The highest BCUT2D eigenvalue weighted by molar-refractivity contribution is 9.10. The second kappa shape index (κ2) is 6.32. The molecule has 0 fully saturated rings. The summed E-state index contributed by atoms with van der Waals surface area (Å²) < 4.78 is 2.83. The monoisotopic (exact) mass is 357 g/mol. The number of carbonyl (C=O) groups excluding carboxylic acids is 1. The van der Waals surface area contributed by atoms with Gasteiger partial charge < -0.3 is 5.32 Å². The fourth-order valence-electron chi connectivity index (χ4n) is 2.42. The van der Waals surface area contributed by atoms with Crippen molar-refractivity contribution in [1.29, 1.82) is 0 Å². The minimum Gasteiger partial charge on any atom is -0.321 e. The maximum absolute atomic E-state index is 12.7. The Labute approximate surface area is 137 Å². The molecular formula is C17H16BrN3O. The number of benzene rings is 1. The molecule has 0 atom stereocenters. The lowest BCUT2D eigenvalue weighted by Gasteiger charge is -2.07. The van der Waals surface area contributed by atoms with Crippen molar-refractivity contribution in [3.63, 3.8) is 0 Å². The molecule has 3 rings (SSSR count). The van der Waals surface area contributed by atoms with E-state index in [-0.39, 0.29) is 5.91 Å². The van der Waals surface area contributed by atoms with Crippen LogP contribution in [0, 0.1) is 0 Å². The van der Waals surface area contributed by atoms with E-state index in [0.29, 0.717) is 5.69 Å². The number of nitrogens with one attached hydrogen (secondary N) is 1. The number of fused-ring (bicyclic) bond motifs is 1. The van der Waals surface area contributed by atoms with Crippen molar-refractivity contribution in [3.05, 3.63) is 64.5 Å². The van der Waals surface area contributed by atoms with Crippen molar-refractivity contribution in [3.8, 4) is 0 Å². The Morgan fingerprint density at radius 2 is 2.00 bits per heavy atom. The maximum atomic E-state index is 12.7. The van der Waals surface area contributed by atoms with Gasteiger partial charge in [0.25, 0.3) is 5.91 Å². The molecular weight excluding hydrogens is 342 g/mol. The molecule has 1 amide bonds. The highest BCUT2D eigenvalue weighted by Gasteiger charge is 2.18. The lowest BCUT2D eigenvalue weighted by Crippen LogP contribution is -2.16. The smallest absolute Gasteiger partial charge is 0.274 e. The van der Waals surface area contributed by atoms with E-state index in [1.807, 2.05) is 53.1 Å². The zero-order valence-electron chi connectivity index (χ0n) is 12.2. The Bertz CT molecular complexity index is 808. The maximum Gasteiger partial charge on any atom is 0.274 e. The summed E-state index contributed by atoms with van der Waals surface area (Å²) in [6, 6.07) is 13.3. The lowest BCUT2D eigenvalue weighted by atomic mass is 10.2. The van der Waals surface area contributed by atoms with Crippen LogP contribution in [0.15, 0.2) is 53.1 Å². The highest BCUT2D eigenvalue weighted by Crippen LogP contribution is 2.18. The number of nitrogens with zero attached hydrogens (tertiary/aromatic N) is 2. The third-order valence-electron chi connectivity index (χ3n) is 3.41. The van der Waals surface area contributed by atoms with Crippen molar-refractivity contribution < 1.29 is 4.79 Å².